The van der Waals surface area contributed by atoms with Crippen LogP contribution in [0.1, 0.15) is 52.9 Å². The molecule has 1 aliphatic rings. The molecule has 0 aromatic heterocycles. The van der Waals surface area contributed by atoms with Crippen molar-refractivity contribution in [3.8, 4) is 0 Å². The Morgan fingerprint density at radius 1 is 1.28 bits per heavy atom. The predicted octanol–water partition coefficient (Wildman–Crippen LogP) is 2.98. The van der Waals surface area contributed by atoms with E-state index < -0.39 is 0 Å². The molecular formula is C15H31NO2. The molecule has 0 spiro atoms. The summed E-state index contributed by atoms with van der Waals surface area (Å²) in [5, 5.41) is 3.40. The van der Waals surface area contributed by atoms with Crippen molar-refractivity contribution in [3.63, 3.8) is 0 Å². The van der Waals surface area contributed by atoms with E-state index >= 15 is 0 Å². The molecule has 18 heavy (non-hydrogen) atoms. The van der Waals surface area contributed by atoms with E-state index in [1.54, 1.807) is 7.11 Å². The molecule has 0 saturated heterocycles. The summed E-state index contributed by atoms with van der Waals surface area (Å²) in [6.45, 7) is 7.30. The Hall–Kier alpha value is -0.120. The second-order valence-corrected chi connectivity index (χ2v) is 6.11. The summed E-state index contributed by atoms with van der Waals surface area (Å²) >= 11 is 0. The SMILES string of the molecule is CCC1CCC(NC)C(OCCC(C)(C)OC)C1. The van der Waals surface area contributed by atoms with E-state index in [2.05, 4.69) is 26.1 Å². The van der Waals surface area contributed by atoms with Crippen LogP contribution in [-0.2, 0) is 9.47 Å². The minimum atomic E-state index is -0.0754. The fourth-order valence-corrected chi connectivity index (χ4v) is 2.66. The molecule has 0 aliphatic heterocycles. The average molecular weight is 257 g/mol. The van der Waals surface area contributed by atoms with Crippen LogP contribution in [-0.4, -0.2) is 38.5 Å². The molecule has 1 aliphatic carbocycles. The largest absolute Gasteiger partial charge is 0.379 e. The van der Waals surface area contributed by atoms with E-state index in [-0.39, 0.29) is 5.60 Å². The maximum Gasteiger partial charge on any atom is 0.0730 e. The quantitative estimate of drug-likeness (QED) is 0.760. The highest BCUT2D eigenvalue weighted by molar-refractivity contribution is 4.84. The molecule has 3 unspecified atom stereocenters. The molecule has 1 N–H and O–H groups in total. The van der Waals surface area contributed by atoms with Gasteiger partial charge in [-0.2, -0.15) is 0 Å². The lowest BCUT2D eigenvalue weighted by atomic mass is 9.82. The average Bonchev–Trinajstić information content (AvgIpc) is 2.38. The summed E-state index contributed by atoms with van der Waals surface area (Å²) in [5.41, 5.74) is -0.0754. The number of likely N-dealkylation sites (N-methyl/N-ethyl adjacent to an activating group) is 1. The van der Waals surface area contributed by atoms with Gasteiger partial charge in [-0.1, -0.05) is 13.3 Å². The van der Waals surface area contributed by atoms with Gasteiger partial charge in [0.15, 0.2) is 0 Å². The Labute approximate surface area is 113 Å². The van der Waals surface area contributed by atoms with Gasteiger partial charge in [-0.15, -0.1) is 0 Å². The van der Waals surface area contributed by atoms with Crippen LogP contribution in [0.2, 0.25) is 0 Å². The van der Waals surface area contributed by atoms with Crippen molar-refractivity contribution in [2.24, 2.45) is 5.92 Å². The summed E-state index contributed by atoms with van der Waals surface area (Å²) in [7, 11) is 3.82. The molecular weight excluding hydrogens is 226 g/mol. The first kappa shape index (κ1) is 15.9. The van der Waals surface area contributed by atoms with Crippen molar-refractivity contribution in [1.82, 2.24) is 5.32 Å². The van der Waals surface area contributed by atoms with E-state index in [0.717, 1.165) is 18.9 Å². The molecule has 0 radical (unpaired) electrons. The van der Waals surface area contributed by atoms with E-state index in [4.69, 9.17) is 9.47 Å². The van der Waals surface area contributed by atoms with E-state index in [0.29, 0.717) is 12.1 Å². The van der Waals surface area contributed by atoms with Gasteiger partial charge >= 0.3 is 0 Å². The minimum absolute atomic E-state index is 0.0754. The van der Waals surface area contributed by atoms with Gasteiger partial charge in [0, 0.05) is 19.8 Å². The van der Waals surface area contributed by atoms with Crippen molar-refractivity contribution in [1.29, 1.82) is 0 Å². The Morgan fingerprint density at radius 2 is 2.00 bits per heavy atom. The van der Waals surface area contributed by atoms with Gasteiger partial charge in [0.2, 0.25) is 0 Å². The summed E-state index contributed by atoms with van der Waals surface area (Å²) in [6, 6.07) is 0.526. The molecule has 0 amide bonds. The third kappa shape index (κ3) is 4.87. The lowest BCUT2D eigenvalue weighted by molar-refractivity contribution is -0.0490. The predicted molar refractivity (Wildman–Crippen MR) is 75.9 cm³/mol. The number of methoxy groups -OCH3 is 1. The van der Waals surface area contributed by atoms with Gasteiger partial charge < -0.3 is 14.8 Å². The lowest BCUT2D eigenvalue weighted by Gasteiger charge is -2.36. The van der Waals surface area contributed by atoms with Crippen molar-refractivity contribution in [3.05, 3.63) is 0 Å². The van der Waals surface area contributed by atoms with Crippen molar-refractivity contribution >= 4 is 0 Å². The fourth-order valence-electron chi connectivity index (χ4n) is 2.66. The molecule has 3 nitrogen and oxygen atoms in total. The van der Waals surface area contributed by atoms with Crippen LogP contribution in [0.15, 0.2) is 0 Å². The maximum atomic E-state index is 6.11. The zero-order valence-electron chi connectivity index (χ0n) is 12.8. The van der Waals surface area contributed by atoms with E-state index in [1.165, 1.54) is 25.7 Å². The maximum absolute atomic E-state index is 6.11. The van der Waals surface area contributed by atoms with E-state index in [9.17, 15) is 0 Å². The summed E-state index contributed by atoms with van der Waals surface area (Å²) in [6.07, 6.45) is 6.39. The number of rotatable bonds is 7. The molecule has 0 aromatic rings. The molecule has 1 fully saturated rings. The Kier molecular flexibility index (Phi) is 6.61. The Bertz CT molecular complexity index is 231. The van der Waals surface area contributed by atoms with Gasteiger partial charge in [-0.05, 0) is 52.5 Å². The highest BCUT2D eigenvalue weighted by Gasteiger charge is 2.29. The molecule has 1 rings (SSSR count). The third-order valence-corrected chi connectivity index (χ3v) is 4.44. The van der Waals surface area contributed by atoms with Crippen LogP contribution in [0.25, 0.3) is 0 Å². The van der Waals surface area contributed by atoms with Crippen molar-refractivity contribution < 1.29 is 9.47 Å². The molecule has 3 heteroatoms. The van der Waals surface area contributed by atoms with Gasteiger partial charge in [0.05, 0.1) is 11.7 Å². The van der Waals surface area contributed by atoms with Crippen LogP contribution in [0.4, 0.5) is 0 Å². The van der Waals surface area contributed by atoms with Gasteiger partial charge in [0.1, 0.15) is 0 Å². The molecule has 1 saturated carbocycles. The van der Waals surface area contributed by atoms with Crippen molar-refractivity contribution in [2.75, 3.05) is 20.8 Å². The van der Waals surface area contributed by atoms with Gasteiger partial charge in [-0.3, -0.25) is 0 Å². The Morgan fingerprint density at radius 3 is 2.56 bits per heavy atom. The molecule has 108 valence electrons. The zero-order valence-corrected chi connectivity index (χ0v) is 12.8. The van der Waals surface area contributed by atoms with Crippen LogP contribution in [0.5, 0.6) is 0 Å². The first-order valence-corrected chi connectivity index (χ1v) is 7.36. The van der Waals surface area contributed by atoms with Crippen LogP contribution in [0.3, 0.4) is 0 Å². The van der Waals surface area contributed by atoms with Crippen LogP contribution >= 0.6 is 0 Å². The summed E-state index contributed by atoms with van der Waals surface area (Å²) in [4.78, 5) is 0. The van der Waals surface area contributed by atoms with Gasteiger partial charge in [-0.25, -0.2) is 0 Å². The number of hydrogen-bond acceptors (Lipinski definition) is 3. The minimum Gasteiger partial charge on any atom is -0.379 e. The van der Waals surface area contributed by atoms with Crippen molar-refractivity contribution in [2.45, 2.75) is 70.6 Å². The topological polar surface area (TPSA) is 30.5 Å². The monoisotopic (exact) mass is 257 g/mol. The molecule has 0 bridgehead atoms. The smallest absolute Gasteiger partial charge is 0.0730 e. The fraction of sp³-hybridized carbons (Fsp3) is 1.00. The first-order chi connectivity index (χ1) is 8.52. The standard InChI is InChI=1S/C15H31NO2/c1-6-12-7-8-13(16-4)14(11-12)18-10-9-15(2,3)17-5/h12-14,16H,6-11H2,1-5H3. The normalized spacial score (nSPS) is 29.5. The molecule has 3 atom stereocenters. The summed E-state index contributed by atoms with van der Waals surface area (Å²) in [5.74, 6) is 0.843. The Balaban J connectivity index is 2.37. The number of ether oxygens (including phenoxy) is 2. The highest BCUT2D eigenvalue weighted by atomic mass is 16.5. The second kappa shape index (κ2) is 7.46. The van der Waals surface area contributed by atoms with Gasteiger partial charge in [0.25, 0.3) is 0 Å². The number of hydrogen-bond donors (Lipinski definition) is 1. The first-order valence-electron chi connectivity index (χ1n) is 7.36. The van der Waals surface area contributed by atoms with Crippen LogP contribution in [0, 0.1) is 5.92 Å². The zero-order chi connectivity index (χ0) is 13.6. The number of nitrogens with one attached hydrogen (secondary N) is 1. The van der Waals surface area contributed by atoms with Crippen LogP contribution < -0.4 is 5.32 Å². The highest BCUT2D eigenvalue weighted by Crippen LogP contribution is 2.29. The second-order valence-electron chi connectivity index (χ2n) is 6.11. The lowest BCUT2D eigenvalue weighted by Crippen LogP contribution is -2.44. The third-order valence-electron chi connectivity index (χ3n) is 4.44. The summed E-state index contributed by atoms with van der Waals surface area (Å²) < 4.78 is 11.5. The molecule has 0 heterocycles. The van der Waals surface area contributed by atoms with E-state index in [1.807, 2.05) is 7.05 Å². The molecule has 0 aromatic carbocycles.